The van der Waals surface area contributed by atoms with Gasteiger partial charge in [0.15, 0.2) is 11.5 Å². The van der Waals surface area contributed by atoms with E-state index in [0.29, 0.717) is 39.1 Å². The number of rotatable bonds is 5. The minimum Gasteiger partial charge on any atom is -0.448 e. The fraction of sp³-hybridized carbons (Fsp3) is 0.500. The van der Waals surface area contributed by atoms with Crippen molar-refractivity contribution < 1.29 is 14.3 Å². The highest BCUT2D eigenvalue weighted by atomic mass is 35.5. The monoisotopic (exact) mass is 459 g/mol. The molecule has 2 aromatic rings. The van der Waals surface area contributed by atoms with Crippen LogP contribution in [0.1, 0.15) is 58.9 Å². The van der Waals surface area contributed by atoms with Crippen LogP contribution >= 0.6 is 11.6 Å². The maximum atomic E-state index is 13.0. The van der Waals surface area contributed by atoms with Gasteiger partial charge >= 0.3 is 0 Å². The molecule has 0 saturated carbocycles. The van der Waals surface area contributed by atoms with Crippen molar-refractivity contribution in [2.24, 2.45) is 5.92 Å². The number of ether oxygens (including phenoxy) is 2. The maximum Gasteiger partial charge on any atom is 0.253 e. The van der Waals surface area contributed by atoms with Crippen molar-refractivity contribution in [2.75, 3.05) is 13.1 Å². The van der Waals surface area contributed by atoms with Crippen molar-refractivity contribution in [1.29, 1.82) is 0 Å². The SMILES string of the molecule is Cc1cc(C)c(CNC(=O)c2cc(Cl)c3c(c2C)OC(C)(CC2CCNCC2)O3)c(=O)[nH]1. The number of aryl methyl sites for hydroxylation is 2. The molecule has 2 aliphatic rings. The lowest BCUT2D eigenvalue weighted by Crippen LogP contribution is -2.40. The number of fused-ring (bicyclic) bond motifs is 1. The number of nitrogens with one attached hydrogen (secondary N) is 3. The predicted molar refractivity (Wildman–Crippen MR) is 124 cm³/mol. The summed E-state index contributed by atoms with van der Waals surface area (Å²) in [5, 5.41) is 6.55. The standard InChI is InChI=1S/C24H30ClN3O4/c1-13-9-14(2)28-23(30)18(13)12-27-22(29)17-10-19(25)21-20(15(17)3)31-24(4,32-21)11-16-5-7-26-8-6-16/h9-10,16,26H,5-8,11-12H2,1-4H3,(H,27,29)(H,28,30). The maximum absolute atomic E-state index is 13.0. The highest BCUT2D eigenvalue weighted by molar-refractivity contribution is 6.33. The molecule has 8 heteroatoms. The highest BCUT2D eigenvalue weighted by Crippen LogP contribution is 2.49. The van der Waals surface area contributed by atoms with Crippen LogP contribution in [0.5, 0.6) is 11.5 Å². The number of piperidine rings is 1. The Labute approximate surface area is 192 Å². The molecule has 1 aromatic heterocycles. The molecule has 172 valence electrons. The molecule has 2 aliphatic heterocycles. The number of aromatic amines is 1. The molecular formula is C24H30ClN3O4. The summed E-state index contributed by atoms with van der Waals surface area (Å²) in [7, 11) is 0. The van der Waals surface area contributed by atoms with Gasteiger partial charge in [-0.3, -0.25) is 9.59 Å². The third-order valence-electron chi connectivity index (χ3n) is 6.36. The predicted octanol–water partition coefficient (Wildman–Crippen LogP) is 3.76. The summed E-state index contributed by atoms with van der Waals surface area (Å²) in [5.41, 5.74) is 3.03. The van der Waals surface area contributed by atoms with Crippen LogP contribution in [0.2, 0.25) is 5.02 Å². The molecule has 3 N–H and O–H groups in total. The van der Waals surface area contributed by atoms with Crippen molar-refractivity contribution in [3.8, 4) is 11.5 Å². The summed E-state index contributed by atoms with van der Waals surface area (Å²) >= 11 is 6.50. The van der Waals surface area contributed by atoms with Crippen LogP contribution in [0.4, 0.5) is 0 Å². The average Bonchev–Trinajstić information content (AvgIpc) is 3.08. The third kappa shape index (κ3) is 4.50. The van der Waals surface area contributed by atoms with E-state index in [1.807, 2.05) is 33.8 Å². The van der Waals surface area contributed by atoms with Crippen LogP contribution in [0.25, 0.3) is 0 Å². The molecule has 0 radical (unpaired) electrons. The van der Waals surface area contributed by atoms with Gasteiger partial charge in [-0.05, 0) is 70.3 Å². The molecule has 0 spiro atoms. The zero-order chi connectivity index (χ0) is 23.0. The number of halogens is 1. The lowest BCUT2D eigenvalue weighted by Gasteiger charge is -2.30. The zero-order valence-corrected chi connectivity index (χ0v) is 19.7. The molecule has 0 aliphatic carbocycles. The number of carbonyl (C=O) groups excluding carboxylic acids is 1. The first-order chi connectivity index (χ1) is 15.2. The zero-order valence-electron chi connectivity index (χ0n) is 19.0. The van der Waals surface area contributed by atoms with Gasteiger partial charge in [-0.2, -0.15) is 0 Å². The minimum atomic E-state index is -0.805. The van der Waals surface area contributed by atoms with Crippen LogP contribution in [0.15, 0.2) is 16.9 Å². The van der Waals surface area contributed by atoms with E-state index < -0.39 is 5.79 Å². The van der Waals surface area contributed by atoms with Crippen molar-refractivity contribution in [3.63, 3.8) is 0 Å². The molecule has 1 amide bonds. The number of amides is 1. The minimum absolute atomic E-state index is 0.124. The van der Waals surface area contributed by atoms with Crippen LogP contribution < -0.4 is 25.7 Å². The quantitative estimate of drug-likeness (QED) is 0.633. The topological polar surface area (TPSA) is 92.4 Å². The molecule has 4 rings (SSSR count). The average molecular weight is 460 g/mol. The first-order valence-electron chi connectivity index (χ1n) is 11.1. The lowest BCUT2D eigenvalue weighted by molar-refractivity contribution is -0.0821. The summed E-state index contributed by atoms with van der Waals surface area (Å²) in [6.07, 6.45) is 2.92. The van der Waals surface area contributed by atoms with Crippen molar-refractivity contribution >= 4 is 17.5 Å². The number of benzene rings is 1. The normalized spacial score (nSPS) is 20.4. The van der Waals surface area contributed by atoms with Crippen molar-refractivity contribution in [3.05, 3.63) is 55.5 Å². The van der Waals surface area contributed by atoms with E-state index in [9.17, 15) is 9.59 Å². The van der Waals surface area contributed by atoms with Crippen LogP contribution in [-0.4, -0.2) is 29.8 Å². The molecular weight excluding hydrogens is 430 g/mol. The van der Waals surface area contributed by atoms with Gasteiger partial charge in [0.25, 0.3) is 11.5 Å². The summed E-state index contributed by atoms with van der Waals surface area (Å²) in [4.78, 5) is 28.0. The fourth-order valence-corrected chi connectivity index (χ4v) is 4.90. The summed E-state index contributed by atoms with van der Waals surface area (Å²) < 4.78 is 12.4. The Kier molecular flexibility index (Phi) is 6.23. The second kappa shape index (κ2) is 8.79. The Morgan fingerprint density at radius 1 is 1.19 bits per heavy atom. The Hall–Kier alpha value is -2.51. The van der Waals surface area contributed by atoms with E-state index in [0.717, 1.165) is 43.6 Å². The van der Waals surface area contributed by atoms with Gasteiger partial charge < -0.3 is 25.1 Å². The Morgan fingerprint density at radius 3 is 2.56 bits per heavy atom. The second-order valence-electron chi connectivity index (χ2n) is 9.05. The van der Waals surface area contributed by atoms with Gasteiger partial charge in [0, 0.05) is 42.3 Å². The first-order valence-corrected chi connectivity index (χ1v) is 11.4. The van der Waals surface area contributed by atoms with Gasteiger partial charge in [-0.25, -0.2) is 0 Å². The number of pyridine rings is 1. The van der Waals surface area contributed by atoms with E-state index in [4.69, 9.17) is 21.1 Å². The summed E-state index contributed by atoms with van der Waals surface area (Å²) in [5.74, 6) is 0.391. The molecule has 1 saturated heterocycles. The number of hydrogen-bond donors (Lipinski definition) is 3. The molecule has 1 atom stereocenters. The van der Waals surface area contributed by atoms with E-state index in [1.165, 1.54) is 0 Å². The van der Waals surface area contributed by atoms with Gasteiger partial charge in [-0.15, -0.1) is 0 Å². The Bertz CT molecular complexity index is 1110. The van der Waals surface area contributed by atoms with Crippen LogP contribution in [0.3, 0.4) is 0 Å². The van der Waals surface area contributed by atoms with Gasteiger partial charge in [0.1, 0.15) is 0 Å². The molecule has 1 unspecified atom stereocenters. The van der Waals surface area contributed by atoms with E-state index in [-0.39, 0.29) is 18.0 Å². The molecule has 1 fully saturated rings. The van der Waals surface area contributed by atoms with Gasteiger partial charge in [-0.1, -0.05) is 11.6 Å². The largest absolute Gasteiger partial charge is 0.448 e. The summed E-state index contributed by atoms with van der Waals surface area (Å²) in [6.45, 7) is 9.56. The van der Waals surface area contributed by atoms with E-state index in [2.05, 4.69) is 15.6 Å². The molecule has 0 bridgehead atoms. The fourth-order valence-electron chi connectivity index (χ4n) is 4.67. The van der Waals surface area contributed by atoms with Gasteiger partial charge in [0.05, 0.1) is 5.02 Å². The third-order valence-corrected chi connectivity index (χ3v) is 6.64. The highest BCUT2D eigenvalue weighted by Gasteiger charge is 2.42. The number of carbonyl (C=O) groups is 1. The second-order valence-corrected chi connectivity index (χ2v) is 9.46. The van der Waals surface area contributed by atoms with E-state index >= 15 is 0 Å². The van der Waals surface area contributed by atoms with Gasteiger partial charge in [0.2, 0.25) is 5.79 Å². The van der Waals surface area contributed by atoms with Crippen molar-refractivity contribution in [1.82, 2.24) is 15.6 Å². The number of H-pyrrole nitrogens is 1. The number of hydrogen-bond acceptors (Lipinski definition) is 5. The Morgan fingerprint density at radius 2 is 1.88 bits per heavy atom. The Balaban J connectivity index is 1.52. The molecule has 7 nitrogen and oxygen atoms in total. The summed E-state index contributed by atoms with van der Waals surface area (Å²) in [6, 6.07) is 3.49. The van der Waals surface area contributed by atoms with Crippen molar-refractivity contribution in [2.45, 2.75) is 59.3 Å². The van der Waals surface area contributed by atoms with E-state index in [1.54, 1.807) is 6.07 Å². The first kappa shape index (κ1) is 22.7. The smallest absolute Gasteiger partial charge is 0.253 e. The van der Waals surface area contributed by atoms with Crippen LogP contribution in [-0.2, 0) is 6.54 Å². The molecule has 32 heavy (non-hydrogen) atoms. The lowest BCUT2D eigenvalue weighted by atomic mass is 9.91. The number of aromatic nitrogens is 1. The molecule has 1 aromatic carbocycles. The van der Waals surface area contributed by atoms with Crippen LogP contribution in [0, 0.1) is 26.7 Å². The molecule has 3 heterocycles.